The third kappa shape index (κ3) is 6.09. The molecule has 1 aliphatic rings. The minimum atomic E-state index is -1.17. The fourth-order valence-electron chi connectivity index (χ4n) is 3.20. The first-order valence-electron chi connectivity index (χ1n) is 8.56. The van der Waals surface area contributed by atoms with E-state index in [-0.39, 0.29) is 6.04 Å². The molecule has 4 N–H and O–H groups in total. The molecule has 2 rings (SSSR count). The van der Waals surface area contributed by atoms with Crippen LogP contribution in [0.1, 0.15) is 43.2 Å². The molecule has 0 radical (unpaired) electrons. The van der Waals surface area contributed by atoms with E-state index in [1.807, 2.05) is 0 Å². The lowest BCUT2D eigenvalue weighted by atomic mass is 9.83. The fourth-order valence-corrected chi connectivity index (χ4v) is 3.20. The number of fused-ring (bicyclic) bond motifs is 1. The molecule has 1 aliphatic heterocycles. The van der Waals surface area contributed by atoms with E-state index < -0.39 is 7.12 Å². The molecule has 1 aromatic carbocycles. The summed E-state index contributed by atoms with van der Waals surface area (Å²) in [6.07, 6.45) is 6.62. The van der Waals surface area contributed by atoms with Gasteiger partial charge in [0, 0.05) is 19.1 Å². The topological polar surface area (TPSA) is 69.7 Å². The Kier molecular flexibility index (Phi) is 7.39. The first-order valence-corrected chi connectivity index (χ1v) is 8.56. The van der Waals surface area contributed by atoms with Gasteiger partial charge in [-0.3, -0.25) is 4.90 Å². The molecule has 1 atom stereocenters. The Morgan fingerprint density at radius 3 is 2.59 bits per heavy atom. The van der Waals surface area contributed by atoms with Gasteiger partial charge in [-0.15, -0.1) is 0 Å². The summed E-state index contributed by atoms with van der Waals surface area (Å²) in [6, 6.07) is 8.98. The summed E-state index contributed by atoms with van der Waals surface area (Å²) >= 11 is 0. The third-order valence-electron chi connectivity index (χ3n) is 4.55. The molecule has 1 heterocycles. The van der Waals surface area contributed by atoms with Crippen molar-refractivity contribution in [2.45, 2.75) is 57.4 Å². The summed E-state index contributed by atoms with van der Waals surface area (Å²) in [4.78, 5) is 2.52. The van der Waals surface area contributed by atoms with E-state index in [2.05, 4.69) is 29.2 Å². The van der Waals surface area contributed by atoms with E-state index in [4.69, 9.17) is 15.8 Å². The standard InChI is InChI=1S/C17H29BN2O2/c19-17(8-3-4-11-18(21)22)9-5-12-20-13-10-15-6-1-2-7-16(15)14-20/h1-2,6-7,17,21-22H,3-5,8-14,19H2. The van der Waals surface area contributed by atoms with Crippen LogP contribution in [0.3, 0.4) is 0 Å². The van der Waals surface area contributed by atoms with Crippen molar-refractivity contribution >= 4 is 7.12 Å². The van der Waals surface area contributed by atoms with Crippen LogP contribution in [0.15, 0.2) is 24.3 Å². The Hall–Kier alpha value is -0.875. The summed E-state index contributed by atoms with van der Waals surface area (Å²) in [5.41, 5.74) is 9.11. The first kappa shape index (κ1) is 17.5. The highest BCUT2D eigenvalue weighted by Crippen LogP contribution is 2.19. The second-order valence-electron chi connectivity index (χ2n) is 6.46. The van der Waals surface area contributed by atoms with E-state index in [0.29, 0.717) is 6.32 Å². The van der Waals surface area contributed by atoms with E-state index in [1.165, 1.54) is 11.1 Å². The summed E-state index contributed by atoms with van der Waals surface area (Å²) in [5, 5.41) is 17.6. The summed E-state index contributed by atoms with van der Waals surface area (Å²) < 4.78 is 0. The van der Waals surface area contributed by atoms with Crippen LogP contribution in [0, 0.1) is 0 Å². The summed E-state index contributed by atoms with van der Waals surface area (Å²) in [5.74, 6) is 0. The molecule has 122 valence electrons. The number of nitrogens with two attached hydrogens (primary N) is 1. The molecule has 0 fully saturated rings. The molecule has 0 saturated carbocycles. The van der Waals surface area contributed by atoms with Gasteiger partial charge < -0.3 is 15.8 Å². The summed E-state index contributed by atoms with van der Waals surface area (Å²) in [7, 11) is -1.17. The predicted molar refractivity (Wildman–Crippen MR) is 91.5 cm³/mol. The molecule has 4 nitrogen and oxygen atoms in total. The van der Waals surface area contributed by atoms with Crippen LogP contribution in [0.2, 0.25) is 6.32 Å². The maximum Gasteiger partial charge on any atom is 0.451 e. The maximum absolute atomic E-state index is 8.79. The van der Waals surface area contributed by atoms with Gasteiger partial charge in [0.25, 0.3) is 0 Å². The second kappa shape index (κ2) is 9.31. The molecule has 1 unspecified atom stereocenters. The SMILES string of the molecule is NC(CCCCB(O)O)CCCN1CCc2ccccc2C1. The van der Waals surface area contributed by atoms with Gasteiger partial charge in [0.1, 0.15) is 0 Å². The minimum absolute atomic E-state index is 0.243. The van der Waals surface area contributed by atoms with Crippen LogP contribution in [-0.2, 0) is 13.0 Å². The van der Waals surface area contributed by atoms with Gasteiger partial charge >= 0.3 is 7.12 Å². The molecule has 5 heteroatoms. The number of benzene rings is 1. The normalized spacial score (nSPS) is 16.3. The van der Waals surface area contributed by atoms with Crippen LogP contribution in [0.25, 0.3) is 0 Å². The highest BCUT2D eigenvalue weighted by molar-refractivity contribution is 6.40. The van der Waals surface area contributed by atoms with Gasteiger partial charge in [0.2, 0.25) is 0 Å². The average Bonchev–Trinajstić information content (AvgIpc) is 2.51. The van der Waals surface area contributed by atoms with E-state index in [0.717, 1.165) is 58.2 Å². The Morgan fingerprint density at radius 2 is 1.82 bits per heavy atom. The zero-order valence-corrected chi connectivity index (χ0v) is 13.5. The van der Waals surface area contributed by atoms with E-state index >= 15 is 0 Å². The maximum atomic E-state index is 8.79. The van der Waals surface area contributed by atoms with Gasteiger partial charge in [-0.25, -0.2) is 0 Å². The van der Waals surface area contributed by atoms with Gasteiger partial charge in [-0.1, -0.05) is 37.1 Å². The molecule has 0 aromatic heterocycles. The van der Waals surface area contributed by atoms with Gasteiger partial charge in [-0.05, 0) is 49.7 Å². The van der Waals surface area contributed by atoms with Gasteiger partial charge in [0.05, 0.1) is 0 Å². The Bertz CT molecular complexity index is 442. The van der Waals surface area contributed by atoms with Crippen molar-refractivity contribution in [2.75, 3.05) is 13.1 Å². The first-order chi connectivity index (χ1) is 10.6. The van der Waals surface area contributed by atoms with Crippen LogP contribution >= 0.6 is 0 Å². The average molecular weight is 304 g/mol. The lowest BCUT2D eigenvalue weighted by Gasteiger charge is -2.29. The highest BCUT2D eigenvalue weighted by Gasteiger charge is 2.15. The van der Waals surface area contributed by atoms with Gasteiger partial charge in [0.15, 0.2) is 0 Å². The molecule has 0 saturated heterocycles. The van der Waals surface area contributed by atoms with Crippen molar-refractivity contribution in [2.24, 2.45) is 5.73 Å². The predicted octanol–water partition coefficient (Wildman–Crippen LogP) is 1.80. The Labute approximate surface area is 134 Å². The monoisotopic (exact) mass is 304 g/mol. The number of hydrogen-bond donors (Lipinski definition) is 3. The van der Waals surface area contributed by atoms with Crippen molar-refractivity contribution in [3.8, 4) is 0 Å². The molecule has 0 bridgehead atoms. The zero-order chi connectivity index (χ0) is 15.8. The molecule has 0 spiro atoms. The van der Waals surface area contributed by atoms with Crippen molar-refractivity contribution in [1.82, 2.24) is 4.90 Å². The Balaban J connectivity index is 1.57. The zero-order valence-electron chi connectivity index (χ0n) is 13.5. The second-order valence-corrected chi connectivity index (χ2v) is 6.46. The third-order valence-corrected chi connectivity index (χ3v) is 4.55. The minimum Gasteiger partial charge on any atom is -0.427 e. The van der Waals surface area contributed by atoms with Crippen molar-refractivity contribution in [3.05, 3.63) is 35.4 Å². The van der Waals surface area contributed by atoms with Crippen LogP contribution in [0.5, 0.6) is 0 Å². The Morgan fingerprint density at radius 1 is 1.09 bits per heavy atom. The quantitative estimate of drug-likeness (QED) is 0.480. The van der Waals surface area contributed by atoms with Crippen molar-refractivity contribution in [3.63, 3.8) is 0 Å². The van der Waals surface area contributed by atoms with Crippen LogP contribution < -0.4 is 5.73 Å². The molecule has 22 heavy (non-hydrogen) atoms. The molecule has 0 amide bonds. The van der Waals surface area contributed by atoms with Crippen LogP contribution in [-0.4, -0.2) is 41.2 Å². The van der Waals surface area contributed by atoms with Crippen molar-refractivity contribution < 1.29 is 10.0 Å². The molecular weight excluding hydrogens is 275 g/mol. The molecule has 0 aliphatic carbocycles. The molecule has 1 aromatic rings. The lowest BCUT2D eigenvalue weighted by Crippen LogP contribution is -2.32. The number of rotatable bonds is 9. The largest absolute Gasteiger partial charge is 0.451 e. The molecular formula is C17H29BN2O2. The number of unbranched alkanes of at least 4 members (excludes halogenated alkanes) is 1. The van der Waals surface area contributed by atoms with E-state index in [9.17, 15) is 0 Å². The van der Waals surface area contributed by atoms with Crippen LogP contribution in [0.4, 0.5) is 0 Å². The smallest absolute Gasteiger partial charge is 0.427 e. The lowest BCUT2D eigenvalue weighted by molar-refractivity contribution is 0.246. The van der Waals surface area contributed by atoms with E-state index in [1.54, 1.807) is 0 Å². The highest BCUT2D eigenvalue weighted by atomic mass is 16.4. The van der Waals surface area contributed by atoms with Crippen molar-refractivity contribution in [1.29, 1.82) is 0 Å². The van der Waals surface area contributed by atoms with Gasteiger partial charge in [-0.2, -0.15) is 0 Å². The fraction of sp³-hybridized carbons (Fsp3) is 0.647. The number of nitrogens with zero attached hydrogens (tertiary/aromatic N) is 1. The summed E-state index contributed by atoms with van der Waals surface area (Å²) in [6.45, 7) is 3.35. The number of hydrogen-bond acceptors (Lipinski definition) is 4.